The van der Waals surface area contributed by atoms with Crippen LogP contribution in [0.5, 0.6) is 0 Å². The van der Waals surface area contributed by atoms with Gasteiger partial charge in [-0.25, -0.2) is 0 Å². The number of fused-ring (bicyclic) bond motifs is 3. The molecular weight excluding hydrogens is 390 g/mol. The zero-order valence-corrected chi connectivity index (χ0v) is 15.3. The third-order valence-electron chi connectivity index (χ3n) is 5.15. The number of hydrogen-bond donors (Lipinski definition) is 0. The van der Waals surface area contributed by atoms with Crippen LogP contribution in [0.15, 0.2) is 59.2 Å². The van der Waals surface area contributed by atoms with Gasteiger partial charge in [-0.15, -0.1) is 0 Å². The minimum Gasteiger partial charge on any atom is -0.357 e. The fraction of sp³-hybridized carbons (Fsp3) is 0.190. The molecule has 0 spiro atoms. The quantitative estimate of drug-likeness (QED) is 0.700. The van der Waals surface area contributed by atoms with E-state index in [2.05, 4.69) is 28.1 Å². The lowest BCUT2D eigenvalue weighted by molar-refractivity contribution is 0.0869. The van der Waals surface area contributed by atoms with E-state index in [0.717, 1.165) is 15.6 Å². The number of carbonyl (C=O) groups excluding carboxylic acids is 1. The maximum absolute atomic E-state index is 13.2. The molecule has 4 atom stereocenters. The first kappa shape index (κ1) is 16.6. The van der Waals surface area contributed by atoms with Crippen molar-refractivity contribution in [2.24, 2.45) is 11.8 Å². The predicted octanol–water partition coefficient (Wildman–Crippen LogP) is 4.32. The minimum absolute atomic E-state index is 0.129. The molecule has 0 saturated carbocycles. The van der Waals surface area contributed by atoms with Crippen molar-refractivity contribution in [2.75, 3.05) is 0 Å². The van der Waals surface area contributed by atoms with Crippen molar-refractivity contribution in [3.8, 4) is 12.1 Å². The van der Waals surface area contributed by atoms with Crippen LogP contribution >= 0.6 is 15.9 Å². The van der Waals surface area contributed by atoms with Crippen LogP contribution in [0, 0.1) is 34.5 Å². The highest BCUT2D eigenvalue weighted by atomic mass is 79.9. The van der Waals surface area contributed by atoms with Gasteiger partial charge in [-0.2, -0.15) is 10.5 Å². The van der Waals surface area contributed by atoms with Crippen LogP contribution in [0.2, 0.25) is 0 Å². The molecule has 2 heterocycles. The van der Waals surface area contributed by atoms with E-state index in [1.807, 2.05) is 53.6 Å². The summed E-state index contributed by atoms with van der Waals surface area (Å²) in [4.78, 5) is 15.1. The van der Waals surface area contributed by atoms with E-state index in [1.54, 1.807) is 12.1 Å². The predicted molar refractivity (Wildman–Crippen MR) is 101 cm³/mol. The maximum atomic E-state index is 13.2. The molecule has 0 aliphatic carbocycles. The zero-order valence-electron chi connectivity index (χ0n) is 13.7. The van der Waals surface area contributed by atoms with Gasteiger partial charge in [0.05, 0.1) is 30.0 Å². The first-order valence-electron chi connectivity index (χ1n) is 8.29. The molecule has 2 aliphatic rings. The van der Waals surface area contributed by atoms with Gasteiger partial charge in [0.2, 0.25) is 0 Å². The van der Waals surface area contributed by atoms with Crippen molar-refractivity contribution in [1.29, 1.82) is 10.5 Å². The highest BCUT2D eigenvalue weighted by molar-refractivity contribution is 9.10. The van der Waals surface area contributed by atoms with Crippen molar-refractivity contribution in [3.63, 3.8) is 0 Å². The maximum Gasteiger partial charge on any atom is 0.186 e. The Morgan fingerprint density at radius 2 is 1.69 bits per heavy atom. The number of rotatable bonds is 2. The van der Waals surface area contributed by atoms with Gasteiger partial charge < -0.3 is 4.90 Å². The summed E-state index contributed by atoms with van der Waals surface area (Å²) in [6.45, 7) is 0. The van der Waals surface area contributed by atoms with Gasteiger partial charge in [0.1, 0.15) is 6.04 Å². The number of ketones is 1. The average Bonchev–Trinajstić information content (AvgIpc) is 3.01. The molecule has 0 N–H and O–H groups in total. The largest absolute Gasteiger partial charge is 0.357 e. The lowest BCUT2D eigenvalue weighted by Gasteiger charge is -2.33. The fourth-order valence-corrected chi connectivity index (χ4v) is 4.22. The van der Waals surface area contributed by atoms with Crippen molar-refractivity contribution in [3.05, 3.63) is 75.9 Å². The third kappa shape index (κ3) is 2.44. The highest BCUT2D eigenvalue weighted by Gasteiger charge is 2.53. The summed E-state index contributed by atoms with van der Waals surface area (Å²) in [6.07, 6.45) is 3.80. The Hall–Kier alpha value is -2.89. The molecule has 126 valence electrons. The van der Waals surface area contributed by atoms with Crippen molar-refractivity contribution < 1.29 is 4.79 Å². The van der Waals surface area contributed by atoms with E-state index in [-0.39, 0.29) is 11.8 Å². The van der Waals surface area contributed by atoms with Crippen LogP contribution in [0.3, 0.4) is 0 Å². The standard InChI is InChI=1S/C21H14BrN3O/c22-15-7-5-14(6-8-15)21(26)20-18(12-24)17(11-23)19-16-4-2-1-3-13(16)9-10-25(19)20/h1-10,17-20H. The molecule has 2 aromatic carbocycles. The molecule has 0 radical (unpaired) electrons. The molecule has 4 nitrogen and oxygen atoms in total. The zero-order chi connectivity index (χ0) is 18.3. The third-order valence-corrected chi connectivity index (χ3v) is 5.67. The van der Waals surface area contributed by atoms with Crippen molar-refractivity contribution in [2.45, 2.75) is 12.1 Å². The molecule has 0 amide bonds. The smallest absolute Gasteiger partial charge is 0.186 e. The first-order chi connectivity index (χ1) is 12.7. The van der Waals surface area contributed by atoms with E-state index in [9.17, 15) is 15.3 Å². The van der Waals surface area contributed by atoms with E-state index >= 15 is 0 Å². The summed E-state index contributed by atoms with van der Waals surface area (Å²) < 4.78 is 0.886. The molecule has 4 unspecified atom stereocenters. The Labute approximate surface area is 160 Å². The minimum atomic E-state index is -0.683. The van der Waals surface area contributed by atoms with Crippen LogP contribution in [0.4, 0.5) is 0 Å². The molecular formula is C21H14BrN3O. The SMILES string of the molecule is N#CC1C(C#N)C2c3ccccc3C=CN2C1C(=O)c1ccc(Br)cc1. The summed E-state index contributed by atoms with van der Waals surface area (Å²) in [5, 5.41) is 19.5. The Bertz CT molecular complexity index is 984. The molecule has 4 rings (SSSR count). The first-order valence-corrected chi connectivity index (χ1v) is 9.08. The second kappa shape index (κ2) is 6.44. The van der Waals surface area contributed by atoms with Crippen LogP contribution in [-0.4, -0.2) is 16.7 Å². The van der Waals surface area contributed by atoms with Gasteiger partial charge in [-0.1, -0.05) is 52.3 Å². The second-order valence-corrected chi connectivity index (χ2v) is 7.38. The second-order valence-electron chi connectivity index (χ2n) is 6.46. The van der Waals surface area contributed by atoms with Crippen molar-refractivity contribution >= 4 is 27.8 Å². The summed E-state index contributed by atoms with van der Waals surface area (Å²) >= 11 is 3.37. The van der Waals surface area contributed by atoms with Gasteiger partial charge in [0.15, 0.2) is 5.78 Å². The summed E-state index contributed by atoms with van der Waals surface area (Å²) in [7, 11) is 0. The van der Waals surface area contributed by atoms with Gasteiger partial charge in [-0.3, -0.25) is 4.79 Å². The van der Waals surface area contributed by atoms with E-state index in [4.69, 9.17) is 0 Å². The van der Waals surface area contributed by atoms with Crippen LogP contribution in [0.1, 0.15) is 27.5 Å². The molecule has 5 heteroatoms. The monoisotopic (exact) mass is 403 g/mol. The van der Waals surface area contributed by atoms with Gasteiger partial charge >= 0.3 is 0 Å². The van der Waals surface area contributed by atoms with E-state index < -0.39 is 17.9 Å². The Morgan fingerprint density at radius 3 is 2.38 bits per heavy atom. The number of carbonyl (C=O) groups is 1. The number of Topliss-reactive ketones (excluding diaryl/α,β-unsaturated/α-hetero) is 1. The summed E-state index contributed by atoms with van der Waals surface area (Å²) in [5.74, 6) is -1.37. The van der Waals surface area contributed by atoms with Crippen LogP contribution in [0.25, 0.3) is 6.08 Å². The van der Waals surface area contributed by atoms with Crippen molar-refractivity contribution in [1.82, 2.24) is 4.90 Å². The topological polar surface area (TPSA) is 67.9 Å². The van der Waals surface area contributed by atoms with Crippen LogP contribution < -0.4 is 0 Å². The number of nitriles is 2. The summed E-state index contributed by atoms with van der Waals surface area (Å²) in [5.41, 5.74) is 2.57. The number of nitrogens with zero attached hydrogens (tertiary/aromatic N) is 3. The number of benzene rings is 2. The van der Waals surface area contributed by atoms with Gasteiger partial charge in [-0.05, 0) is 29.3 Å². The molecule has 1 saturated heterocycles. The van der Waals surface area contributed by atoms with Gasteiger partial charge in [0, 0.05) is 16.2 Å². The average molecular weight is 404 g/mol. The number of hydrogen-bond acceptors (Lipinski definition) is 4. The molecule has 1 fully saturated rings. The van der Waals surface area contributed by atoms with Gasteiger partial charge in [0.25, 0.3) is 0 Å². The van der Waals surface area contributed by atoms with E-state index in [0.29, 0.717) is 5.56 Å². The fourth-order valence-electron chi connectivity index (χ4n) is 3.96. The molecule has 0 bridgehead atoms. The lowest BCUT2D eigenvalue weighted by Crippen LogP contribution is -2.38. The highest BCUT2D eigenvalue weighted by Crippen LogP contribution is 2.48. The molecule has 26 heavy (non-hydrogen) atoms. The molecule has 2 aromatic rings. The Morgan fingerprint density at radius 1 is 1.00 bits per heavy atom. The number of halogens is 1. The summed E-state index contributed by atoms with van der Waals surface area (Å²) in [6, 6.07) is 18.5. The molecule has 2 aliphatic heterocycles. The normalized spacial score (nSPS) is 25.7. The van der Waals surface area contributed by atoms with Crippen LogP contribution in [-0.2, 0) is 0 Å². The van der Waals surface area contributed by atoms with E-state index in [1.165, 1.54) is 0 Å². The molecule has 0 aromatic heterocycles. The lowest BCUT2D eigenvalue weighted by atomic mass is 9.83. The Balaban J connectivity index is 1.81. The Kier molecular flexibility index (Phi) is 4.11.